The highest BCUT2D eigenvalue weighted by Crippen LogP contribution is 2.25. The number of aromatic nitrogens is 3. The molecule has 1 aliphatic heterocycles. The molecule has 1 fully saturated rings. The van der Waals surface area contributed by atoms with Crippen LogP contribution in [0, 0.1) is 0 Å². The normalized spacial score (nSPS) is 21.9. The maximum atomic E-state index is 5.96. The Morgan fingerprint density at radius 1 is 1.40 bits per heavy atom. The van der Waals surface area contributed by atoms with Gasteiger partial charge in [0.2, 0.25) is 11.2 Å². The molecule has 0 aromatic carbocycles. The van der Waals surface area contributed by atoms with Crippen LogP contribution in [-0.2, 0) is 4.74 Å². The fourth-order valence-electron chi connectivity index (χ4n) is 2.33. The summed E-state index contributed by atoms with van der Waals surface area (Å²) >= 11 is 5.96. The Bertz CT molecular complexity index is 470. The number of nitrogens with zero attached hydrogens (tertiary/aromatic N) is 4. The fourth-order valence-corrected chi connectivity index (χ4v) is 2.48. The largest absolute Gasteiger partial charge is 0.463 e. The molecule has 0 spiro atoms. The minimum Gasteiger partial charge on any atom is -0.463 e. The molecule has 0 bridgehead atoms. The number of hydrogen-bond donors (Lipinski definition) is 0. The van der Waals surface area contributed by atoms with Crippen molar-refractivity contribution in [1.29, 1.82) is 0 Å². The molecule has 2 rings (SSSR count). The number of hydrogen-bond acceptors (Lipinski definition) is 6. The molecule has 20 heavy (non-hydrogen) atoms. The molecule has 1 unspecified atom stereocenters. The van der Waals surface area contributed by atoms with Gasteiger partial charge in [-0.2, -0.15) is 15.0 Å². The molecule has 2 heterocycles. The lowest BCUT2D eigenvalue weighted by Gasteiger charge is -2.41. The number of ether oxygens (including phenoxy) is 2. The fraction of sp³-hybridized carbons (Fsp3) is 0.769. The number of morpholine rings is 1. The highest BCUT2D eigenvalue weighted by molar-refractivity contribution is 6.28. The first kappa shape index (κ1) is 15.3. The van der Waals surface area contributed by atoms with Crippen molar-refractivity contribution in [2.75, 3.05) is 24.6 Å². The summed E-state index contributed by atoms with van der Waals surface area (Å²) in [6, 6.07) is 0.277. The lowest BCUT2D eigenvalue weighted by molar-refractivity contribution is -0.0754. The van der Waals surface area contributed by atoms with Gasteiger partial charge in [-0.1, -0.05) is 6.92 Å². The van der Waals surface area contributed by atoms with E-state index in [-0.39, 0.29) is 23.0 Å². The van der Waals surface area contributed by atoms with Crippen LogP contribution in [0.4, 0.5) is 5.95 Å². The van der Waals surface area contributed by atoms with Gasteiger partial charge in [0.1, 0.15) is 0 Å². The van der Waals surface area contributed by atoms with Gasteiger partial charge in [-0.25, -0.2) is 0 Å². The van der Waals surface area contributed by atoms with Crippen LogP contribution in [0.3, 0.4) is 0 Å². The molecular formula is C13H21ClN4O2. The second kappa shape index (κ2) is 6.10. The average Bonchev–Trinajstić information content (AvgIpc) is 2.33. The van der Waals surface area contributed by atoms with Crippen LogP contribution in [0.5, 0.6) is 6.01 Å². The third-order valence-electron chi connectivity index (χ3n) is 2.86. The maximum Gasteiger partial charge on any atom is 0.322 e. The van der Waals surface area contributed by atoms with Gasteiger partial charge in [-0.15, -0.1) is 0 Å². The van der Waals surface area contributed by atoms with Gasteiger partial charge in [0.15, 0.2) is 0 Å². The zero-order valence-corrected chi connectivity index (χ0v) is 13.1. The van der Waals surface area contributed by atoms with E-state index in [4.69, 9.17) is 21.1 Å². The van der Waals surface area contributed by atoms with Gasteiger partial charge >= 0.3 is 6.01 Å². The molecule has 7 heteroatoms. The minimum atomic E-state index is -0.249. The first-order valence-electron chi connectivity index (χ1n) is 6.87. The van der Waals surface area contributed by atoms with Crippen molar-refractivity contribution in [3.05, 3.63) is 5.28 Å². The van der Waals surface area contributed by atoms with Gasteiger partial charge in [-0.3, -0.25) is 0 Å². The van der Waals surface area contributed by atoms with E-state index in [0.717, 1.165) is 13.0 Å². The number of halogens is 1. The van der Waals surface area contributed by atoms with E-state index in [1.807, 2.05) is 27.7 Å². The van der Waals surface area contributed by atoms with E-state index in [0.29, 0.717) is 19.1 Å². The van der Waals surface area contributed by atoms with Crippen molar-refractivity contribution in [1.82, 2.24) is 15.0 Å². The minimum absolute atomic E-state index is 0.106. The maximum absolute atomic E-state index is 5.96. The zero-order valence-electron chi connectivity index (χ0n) is 12.4. The van der Waals surface area contributed by atoms with Crippen molar-refractivity contribution >= 4 is 17.5 Å². The average molecular weight is 301 g/mol. The Morgan fingerprint density at radius 3 is 2.80 bits per heavy atom. The van der Waals surface area contributed by atoms with Gasteiger partial charge in [0, 0.05) is 13.1 Å². The second-order valence-corrected chi connectivity index (χ2v) is 5.94. The molecule has 0 radical (unpaired) electrons. The SMILES string of the molecule is CCCOc1nc(Cl)nc(N2CC(C)OC(C)(C)C2)n1. The smallest absolute Gasteiger partial charge is 0.322 e. The Morgan fingerprint density at radius 2 is 2.15 bits per heavy atom. The molecule has 1 aliphatic rings. The first-order valence-corrected chi connectivity index (χ1v) is 7.24. The van der Waals surface area contributed by atoms with Crippen LogP contribution in [-0.4, -0.2) is 46.4 Å². The standard InChI is InChI=1S/C13H21ClN4O2/c1-5-6-19-12-16-10(14)15-11(17-12)18-7-9(2)20-13(3,4)8-18/h9H,5-8H2,1-4H3. The highest BCUT2D eigenvalue weighted by Gasteiger charge is 2.33. The van der Waals surface area contributed by atoms with E-state index in [9.17, 15) is 0 Å². The summed E-state index contributed by atoms with van der Waals surface area (Å²) in [4.78, 5) is 14.6. The van der Waals surface area contributed by atoms with Crippen molar-refractivity contribution in [2.24, 2.45) is 0 Å². The van der Waals surface area contributed by atoms with Gasteiger partial charge in [0.25, 0.3) is 0 Å². The lowest BCUT2D eigenvalue weighted by Crippen LogP contribution is -2.52. The van der Waals surface area contributed by atoms with Crippen molar-refractivity contribution < 1.29 is 9.47 Å². The molecule has 0 saturated carbocycles. The third kappa shape index (κ3) is 3.93. The van der Waals surface area contributed by atoms with Crippen LogP contribution < -0.4 is 9.64 Å². The highest BCUT2D eigenvalue weighted by atomic mass is 35.5. The predicted octanol–water partition coefficient (Wildman–Crippen LogP) is 2.32. The molecule has 0 amide bonds. The summed E-state index contributed by atoms with van der Waals surface area (Å²) in [6.07, 6.45) is 0.995. The molecule has 6 nitrogen and oxygen atoms in total. The quantitative estimate of drug-likeness (QED) is 0.850. The Labute approximate surface area is 124 Å². The third-order valence-corrected chi connectivity index (χ3v) is 3.03. The summed E-state index contributed by atoms with van der Waals surface area (Å²) in [5, 5.41) is 0.151. The van der Waals surface area contributed by atoms with Crippen LogP contribution in [0.2, 0.25) is 5.28 Å². The summed E-state index contributed by atoms with van der Waals surface area (Å²) < 4.78 is 11.3. The van der Waals surface area contributed by atoms with Crippen LogP contribution in [0.15, 0.2) is 0 Å². The zero-order chi connectivity index (χ0) is 14.8. The van der Waals surface area contributed by atoms with E-state index < -0.39 is 0 Å². The lowest BCUT2D eigenvalue weighted by atomic mass is 10.1. The van der Waals surface area contributed by atoms with Crippen LogP contribution in [0.1, 0.15) is 34.1 Å². The van der Waals surface area contributed by atoms with Gasteiger partial charge in [-0.05, 0) is 38.8 Å². The predicted molar refractivity (Wildman–Crippen MR) is 77.5 cm³/mol. The van der Waals surface area contributed by atoms with E-state index in [2.05, 4.69) is 19.9 Å². The molecule has 1 aromatic heterocycles. The van der Waals surface area contributed by atoms with Crippen molar-refractivity contribution in [2.45, 2.75) is 45.8 Å². The number of rotatable bonds is 4. The van der Waals surface area contributed by atoms with Gasteiger partial charge < -0.3 is 14.4 Å². The van der Waals surface area contributed by atoms with E-state index in [1.165, 1.54) is 0 Å². The first-order chi connectivity index (χ1) is 9.39. The summed E-state index contributed by atoms with van der Waals surface area (Å²) in [7, 11) is 0. The van der Waals surface area contributed by atoms with E-state index >= 15 is 0 Å². The van der Waals surface area contributed by atoms with E-state index in [1.54, 1.807) is 0 Å². The molecule has 1 atom stereocenters. The van der Waals surface area contributed by atoms with Crippen LogP contribution >= 0.6 is 11.6 Å². The Kier molecular flexibility index (Phi) is 4.65. The topological polar surface area (TPSA) is 60.4 Å². The van der Waals surface area contributed by atoms with Crippen molar-refractivity contribution in [3.8, 4) is 6.01 Å². The molecule has 0 aliphatic carbocycles. The molecule has 0 N–H and O–H groups in total. The second-order valence-electron chi connectivity index (χ2n) is 5.60. The molecule has 1 aromatic rings. The molecule has 112 valence electrons. The Hall–Kier alpha value is -1.14. The monoisotopic (exact) mass is 300 g/mol. The van der Waals surface area contributed by atoms with Crippen molar-refractivity contribution in [3.63, 3.8) is 0 Å². The number of anilines is 1. The molecule has 1 saturated heterocycles. The summed E-state index contributed by atoms with van der Waals surface area (Å²) in [6.45, 7) is 10.1. The molecular weight excluding hydrogens is 280 g/mol. The summed E-state index contributed by atoms with van der Waals surface area (Å²) in [5.74, 6) is 0.541. The van der Waals surface area contributed by atoms with Crippen LogP contribution in [0.25, 0.3) is 0 Å². The van der Waals surface area contributed by atoms with Gasteiger partial charge in [0.05, 0.1) is 18.3 Å². The summed E-state index contributed by atoms with van der Waals surface area (Å²) in [5.41, 5.74) is -0.249. The Balaban J connectivity index is 2.20.